The number of hydrogen-bond acceptors (Lipinski definition) is 5. The summed E-state index contributed by atoms with van der Waals surface area (Å²) in [6.07, 6.45) is 0.646. The van der Waals surface area contributed by atoms with E-state index in [9.17, 15) is 4.79 Å². The maximum atomic E-state index is 10.8. The van der Waals surface area contributed by atoms with Crippen molar-refractivity contribution in [2.24, 2.45) is 0 Å². The minimum atomic E-state index is 0.556. The van der Waals surface area contributed by atoms with Gasteiger partial charge >= 0.3 is 0 Å². The second-order valence-corrected chi connectivity index (χ2v) is 6.07. The monoisotopic (exact) mass is 354 g/mol. The SMILES string of the molecule is COc1ccc(-c2nc3c(NC=O)cccc3[nH]2)cc1OCCN(C)C. The number of aromatic nitrogens is 2. The van der Waals surface area contributed by atoms with Gasteiger partial charge in [0.2, 0.25) is 6.41 Å². The third-order valence-corrected chi connectivity index (χ3v) is 3.96. The molecule has 3 rings (SSSR count). The first kappa shape index (κ1) is 17.8. The number of nitrogens with zero attached hydrogens (tertiary/aromatic N) is 2. The Morgan fingerprint density at radius 1 is 1.23 bits per heavy atom. The molecule has 0 saturated carbocycles. The molecular weight excluding hydrogens is 332 g/mol. The van der Waals surface area contributed by atoms with E-state index >= 15 is 0 Å². The molecule has 1 amide bonds. The van der Waals surface area contributed by atoms with Crippen molar-refractivity contribution in [3.63, 3.8) is 0 Å². The zero-order valence-corrected chi connectivity index (χ0v) is 15.1. The standard InChI is InChI=1S/C19H22N4O3/c1-23(2)9-10-26-17-11-13(7-8-16(17)25-3)19-21-15-6-4-5-14(20-12-24)18(15)22-19/h4-8,11-12H,9-10H2,1-3H3,(H,20,24)(H,21,22). The Balaban J connectivity index is 1.94. The fraction of sp³-hybridized carbons (Fsp3) is 0.263. The fourth-order valence-corrected chi connectivity index (χ4v) is 2.62. The number of carbonyl (C=O) groups is 1. The van der Waals surface area contributed by atoms with Gasteiger partial charge in [0.15, 0.2) is 11.5 Å². The zero-order valence-electron chi connectivity index (χ0n) is 15.1. The number of benzene rings is 2. The molecule has 0 saturated heterocycles. The smallest absolute Gasteiger partial charge is 0.211 e. The van der Waals surface area contributed by atoms with Crippen LogP contribution in [0.3, 0.4) is 0 Å². The average molecular weight is 354 g/mol. The number of rotatable bonds is 8. The van der Waals surface area contributed by atoms with E-state index in [1.807, 2.05) is 50.5 Å². The van der Waals surface area contributed by atoms with Crippen molar-refractivity contribution in [3.05, 3.63) is 36.4 Å². The minimum Gasteiger partial charge on any atom is -0.493 e. The summed E-state index contributed by atoms with van der Waals surface area (Å²) in [7, 11) is 5.61. The van der Waals surface area contributed by atoms with Gasteiger partial charge in [-0.3, -0.25) is 4.79 Å². The molecule has 2 N–H and O–H groups in total. The lowest BCUT2D eigenvalue weighted by Gasteiger charge is -2.14. The van der Waals surface area contributed by atoms with Crippen molar-refractivity contribution >= 4 is 23.1 Å². The minimum absolute atomic E-state index is 0.556. The molecule has 0 fully saturated rings. The Bertz CT molecular complexity index is 905. The van der Waals surface area contributed by atoms with Gasteiger partial charge in [-0.05, 0) is 44.4 Å². The van der Waals surface area contributed by atoms with E-state index in [2.05, 4.69) is 20.2 Å². The van der Waals surface area contributed by atoms with Crippen molar-refractivity contribution in [3.8, 4) is 22.9 Å². The van der Waals surface area contributed by atoms with Crippen LogP contribution in [0.5, 0.6) is 11.5 Å². The quantitative estimate of drug-likeness (QED) is 0.608. The van der Waals surface area contributed by atoms with Crippen LogP contribution < -0.4 is 14.8 Å². The van der Waals surface area contributed by atoms with Crippen molar-refractivity contribution in [1.82, 2.24) is 14.9 Å². The van der Waals surface area contributed by atoms with Gasteiger partial charge in [0.25, 0.3) is 0 Å². The first-order valence-corrected chi connectivity index (χ1v) is 8.27. The Hall–Kier alpha value is -3.06. The molecule has 2 aromatic carbocycles. The van der Waals surface area contributed by atoms with Crippen molar-refractivity contribution in [2.45, 2.75) is 0 Å². The summed E-state index contributed by atoms with van der Waals surface area (Å²) in [5, 5.41) is 2.67. The van der Waals surface area contributed by atoms with Crippen LogP contribution >= 0.6 is 0 Å². The van der Waals surface area contributed by atoms with E-state index < -0.39 is 0 Å². The Labute approximate surface area is 151 Å². The predicted octanol–water partition coefficient (Wildman–Crippen LogP) is 2.75. The summed E-state index contributed by atoms with van der Waals surface area (Å²) >= 11 is 0. The van der Waals surface area contributed by atoms with Gasteiger partial charge in [-0.1, -0.05) is 6.07 Å². The number of methoxy groups -OCH3 is 1. The molecule has 3 aromatic rings. The van der Waals surface area contributed by atoms with Crippen LogP contribution in [0.15, 0.2) is 36.4 Å². The van der Waals surface area contributed by atoms with Gasteiger partial charge in [0, 0.05) is 12.1 Å². The predicted molar refractivity (Wildman–Crippen MR) is 102 cm³/mol. The summed E-state index contributed by atoms with van der Waals surface area (Å²) in [6.45, 7) is 1.36. The van der Waals surface area contributed by atoms with Gasteiger partial charge in [-0.2, -0.15) is 0 Å². The zero-order chi connectivity index (χ0) is 18.5. The molecule has 0 atom stereocenters. The average Bonchev–Trinajstić information content (AvgIpc) is 3.07. The van der Waals surface area contributed by atoms with E-state index in [4.69, 9.17) is 9.47 Å². The van der Waals surface area contributed by atoms with Gasteiger partial charge in [-0.25, -0.2) is 4.98 Å². The van der Waals surface area contributed by atoms with Gasteiger partial charge in [0.05, 0.1) is 18.3 Å². The molecule has 0 radical (unpaired) electrons. The molecule has 136 valence electrons. The van der Waals surface area contributed by atoms with Gasteiger partial charge in [0.1, 0.15) is 17.9 Å². The number of imidazole rings is 1. The lowest BCUT2D eigenvalue weighted by molar-refractivity contribution is -0.105. The molecule has 0 aliphatic rings. The fourth-order valence-electron chi connectivity index (χ4n) is 2.62. The Morgan fingerprint density at radius 3 is 2.81 bits per heavy atom. The highest BCUT2D eigenvalue weighted by molar-refractivity contribution is 5.94. The third-order valence-electron chi connectivity index (χ3n) is 3.96. The van der Waals surface area contributed by atoms with Crippen LogP contribution in [-0.2, 0) is 4.79 Å². The van der Waals surface area contributed by atoms with E-state index in [0.29, 0.717) is 41.5 Å². The summed E-state index contributed by atoms with van der Waals surface area (Å²) in [5.41, 5.74) is 3.09. The van der Waals surface area contributed by atoms with E-state index in [0.717, 1.165) is 17.6 Å². The highest BCUT2D eigenvalue weighted by Crippen LogP contribution is 2.33. The molecule has 0 spiro atoms. The lowest BCUT2D eigenvalue weighted by Crippen LogP contribution is -2.19. The number of hydrogen-bond donors (Lipinski definition) is 2. The molecule has 26 heavy (non-hydrogen) atoms. The van der Waals surface area contributed by atoms with Crippen molar-refractivity contribution in [2.75, 3.05) is 39.7 Å². The van der Waals surface area contributed by atoms with E-state index in [-0.39, 0.29) is 0 Å². The maximum Gasteiger partial charge on any atom is 0.211 e. The van der Waals surface area contributed by atoms with Crippen LogP contribution in [-0.4, -0.2) is 55.6 Å². The number of para-hydroxylation sites is 1. The number of likely N-dealkylation sites (N-methyl/N-ethyl adjacent to an activating group) is 1. The number of amides is 1. The molecule has 0 bridgehead atoms. The summed E-state index contributed by atoms with van der Waals surface area (Å²) in [4.78, 5) is 20.7. The van der Waals surface area contributed by atoms with Crippen LogP contribution in [0.2, 0.25) is 0 Å². The molecular formula is C19H22N4O3. The molecule has 7 nitrogen and oxygen atoms in total. The van der Waals surface area contributed by atoms with E-state index in [1.54, 1.807) is 7.11 Å². The number of H-pyrrole nitrogens is 1. The number of anilines is 1. The third kappa shape index (κ3) is 3.78. The van der Waals surface area contributed by atoms with E-state index in [1.165, 1.54) is 0 Å². The maximum absolute atomic E-state index is 10.8. The van der Waals surface area contributed by atoms with Gasteiger partial charge < -0.3 is 24.7 Å². The lowest BCUT2D eigenvalue weighted by atomic mass is 10.2. The van der Waals surface area contributed by atoms with Crippen molar-refractivity contribution < 1.29 is 14.3 Å². The number of carbonyl (C=O) groups excluding carboxylic acids is 1. The molecule has 1 aromatic heterocycles. The molecule has 0 aliphatic carbocycles. The summed E-state index contributed by atoms with van der Waals surface area (Å²) in [6, 6.07) is 11.3. The van der Waals surface area contributed by atoms with Crippen LogP contribution in [0.1, 0.15) is 0 Å². The summed E-state index contributed by atoms with van der Waals surface area (Å²) < 4.78 is 11.3. The molecule has 7 heteroatoms. The molecule has 1 heterocycles. The van der Waals surface area contributed by atoms with Crippen molar-refractivity contribution in [1.29, 1.82) is 0 Å². The largest absolute Gasteiger partial charge is 0.493 e. The van der Waals surface area contributed by atoms with Crippen LogP contribution in [0, 0.1) is 0 Å². The molecule has 0 aliphatic heterocycles. The first-order chi connectivity index (χ1) is 12.6. The topological polar surface area (TPSA) is 79.5 Å². The highest BCUT2D eigenvalue weighted by atomic mass is 16.5. The summed E-state index contributed by atoms with van der Waals surface area (Å²) in [5.74, 6) is 2.03. The number of nitrogens with one attached hydrogen (secondary N) is 2. The number of aromatic amines is 1. The number of fused-ring (bicyclic) bond motifs is 1. The second-order valence-electron chi connectivity index (χ2n) is 6.07. The highest BCUT2D eigenvalue weighted by Gasteiger charge is 2.12. The molecule has 0 unspecified atom stereocenters. The second kappa shape index (κ2) is 7.88. The Kier molecular flexibility index (Phi) is 5.38. The first-order valence-electron chi connectivity index (χ1n) is 8.27. The van der Waals surface area contributed by atoms with Gasteiger partial charge in [-0.15, -0.1) is 0 Å². The number of ether oxygens (including phenoxy) is 2. The van der Waals surface area contributed by atoms with Crippen LogP contribution in [0.25, 0.3) is 22.4 Å². The normalized spacial score (nSPS) is 10.9. The van der Waals surface area contributed by atoms with Crippen LogP contribution in [0.4, 0.5) is 5.69 Å². The Morgan fingerprint density at radius 2 is 2.08 bits per heavy atom.